The molecule has 1 N–H and O–H groups in total. The Morgan fingerprint density at radius 1 is 1.17 bits per heavy atom. The summed E-state index contributed by atoms with van der Waals surface area (Å²) in [6, 6.07) is 14.8. The molecule has 0 saturated carbocycles. The Kier molecular flexibility index (Phi) is 6.77. The zero-order chi connectivity index (χ0) is 20.8. The van der Waals surface area contributed by atoms with Crippen LogP contribution in [-0.2, 0) is 25.7 Å². The molecule has 0 saturated heterocycles. The number of anilines is 1. The predicted octanol–water partition coefficient (Wildman–Crippen LogP) is 2.70. The summed E-state index contributed by atoms with van der Waals surface area (Å²) in [6.07, 6.45) is -0.0995. The third kappa shape index (κ3) is 5.51. The fourth-order valence-electron chi connectivity index (χ4n) is 2.82. The van der Waals surface area contributed by atoms with Crippen LogP contribution >= 0.6 is 11.8 Å². The van der Waals surface area contributed by atoms with Gasteiger partial charge in [-0.25, -0.2) is 0 Å². The lowest BCUT2D eigenvalue weighted by Crippen LogP contribution is -2.33. The smallest absolute Gasteiger partial charge is 0.307 e. The molecule has 152 valence electrons. The molecule has 7 nitrogen and oxygen atoms in total. The first-order valence-electron chi connectivity index (χ1n) is 9.05. The Balaban J connectivity index is 1.47. The van der Waals surface area contributed by atoms with Crippen molar-refractivity contribution in [3.05, 3.63) is 54.1 Å². The van der Waals surface area contributed by atoms with Gasteiger partial charge in [0.1, 0.15) is 5.75 Å². The molecule has 1 heterocycles. The van der Waals surface area contributed by atoms with Gasteiger partial charge in [-0.1, -0.05) is 24.3 Å². The van der Waals surface area contributed by atoms with E-state index in [0.29, 0.717) is 12.3 Å². The van der Waals surface area contributed by atoms with Crippen molar-refractivity contribution in [3.63, 3.8) is 0 Å². The molecule has 0 unspecified atom stereocenters. The van der Waals surface area contributed by atoms with E-state index in [-0.39, 0.29) is 24.8 Å². The summed E-state index contributed by atoms with van der Waals surface area (Å²) in [5.41, 5.74) is 1.64. The van der Waals surface area contributed by atoms with Crippen LogP contribution < -0.4 is 10.1 Å². The summed E-state index contributed by atoms with van der Waals surface area (Å²) < 4.78 is 10.3. The lowest BCUT2D eigenvalue weighted by molar-refractivity contribution is -0.152. The lowest BCUT2D eigenvalue weighted by atomic mass is 10.2. The summed E-state index contributed by atoms with van der Waals surface area (Å²) in [4.78, 5) is 38.9. The van der Waals surface area contributed by atoms with E-state index < -0.39 is 11.2 Å². The minimum Gasteiger partial charge on any atom is -0.497 e. The number of rotatable bonds is 7. The van der Waals surface area contributed by atoms with Gasteiger partial charge in [0.05, 0.1) is 24.5 Å². The quantitative estimate of drug-likeness (QED) is 0.702. The molecular weight excluding hydrogens is 392 g/mol. The van der Waals surface area contributed by atoms with Gasteiger partial charge in [0.25, 0.3) is 5.91 Å². The third-order valence-corrected chi connectivity index (χ3v) is 5.67. The van der Waals surface area contributed by atoms with Crippen LogP contribution in [0, 0.1) is 0 Å². The van der Waals surface area contributed by atoms with E-state index in [1.165, 1.54) is 16.7 Å². The van der Waals surface area contributed by atoms with Gasteiger partial charge < -0.3 is 19.7 Å². The number of hydrogen-bond donors (Lipinski definition) is 1. The number of nitrogens with zero attached hydrogens (tertiary/aromatic N) is 1. The number of amides is 2. The number of fused-ring (bicyclic) bond motifs is 1. The van der Waals surface area contributed by atoms with Gasteiger partial charge in [-0.2, -0.15) is 0 Å². The van der Waals surface area contributed by atoms with E-state index in [9.17, 15) is 14.4 Å². The highest BCUT2D eigenvalue weighted by Crippen LogP contribution is 2.36. The standard InChI is InChI=1S/C21H22N2O5S/c1-23(12-14-6-5-7-15(10-14)27-2)19(24)13-28-20(25)11-18-21(26)22-16-8-3-4-9-17(16)29-18/h3-10,18H,11-13H2,1-2H3,(H,22,26)/t18-/m0/s1. The van der Waals surface area contributed by atoms with Crippen molar-refractivity contribution in [2.24, 2.45) is 0 Å². The molecule has 29 heavy (non-hydrogen) atoms. The maximum atomic E-state index is 12.3. The largest absolute Gasteiger partial charge is 0.497 e. The number of likely N-dealkylation sites (N-methyl/N-ethyl adjacent to an activating group) is 1. The molecule has 3 rings (SSSR count). The average molecular weight is 414 g/mol. The van der Waals surface area contributed by atoms with Gasteiger partial charge in [0.2, 0.25) is 5.91 Å². The Labute approximate surface area is 173 Å². The van der Waals surface area contributed by atoms with E-state index >= 15 is 0 Å². The molecule has 1 aliphatic rings. The molecule has 1 atom stereocenters. The third-order valence-electron chi connectivity index (χ3n) is 4.39. The summed E-state index contributed by atoms with van der Waals surface area (Å²) in [5.74, 6) is -0.445. The second kappa shape index (κ2) is 9.47. The molecule has 0 fully saturated rings. The van der Waals surface area contributed by atoms with Crippen LogP contribution in [0.4, 0.5) is 5.69 Å². The molecule has 2 amide bonds. The number of carbonyl (C=O) groups excluding carboxylic acids is 3. The monoisotopic (exact) mass is 414 g/mol. The van der Waals surface area contributed by atoms with E-state index in [4.69, 9.17) is 9.47 Å². The Hall–Kier alpha value is -3.00. The van der Waals surface area contributed by atoms with Gasteiger partial charge in [-0.15, -0.1) is 11.8 Å². The van der Waals surface area contributed by atoms with Crippen LogP contribution in [0.3, 0.4) is 0 Å². The van der Waals surface area contributed by atoms with Crippen LogP contribution in [0.5, 0.6) is 5.75 Å². The molecule has 0 radical (unpaired) electrons. The SMILES string of the molecule is COc1cccc(CN(C)C(=O)COC(=O)C[C@@H]2Sc3ccccc3NC2=O)c1. The summed E-state index contributed by atoms with van der Waals surface area (Å²) >= 11 is 1.32. The molecule has 2 aromatic carbocycles. The molecule has 0 spiro atoms. The van der Waals surface area contributed by atoms with Crippen LogP contribution in [-0.4, -0.2) is 48.7 Å². The number of methoxy groups -OCH3 is 1. The van der Waals surface area contributed by atoms with Crippen LogP contribution in [0.1, 0.15) is 12.0 Å². The average Bonchev–Trinajstić information content (AvgIpc) is 2.72. The first kappa shape index (κ1) is 20.7. The van der Waals surface area contributed by atoms with Gasteiger partial charge in [0, 0.05) is 18.5 Å². The topological polar surface area (TPSA) is 84.9 Å². The highest BCUT2D eigenvalue weighted by molar-refractivity contribution is 8.01. The van der Waals surface area contributed by atoms with Gasteiger partial charge >= 0.3 is 5.97 Å². The maximum absolute atomic E-state index is 12.3. The van der Waals surface area contributed by atoms with Crippen molar-refractivity contribution in [2.45, 2.75) is 23.1 Å². The minimum absolute atomic E-state index is 0.0995. The Bertz CT molecular complexity index is 917. The van der Waals surface area contributed by atoms with E-state index in [0.717, 1.165) is 16.1 Å². The second-order valence-electron chi connectivity index (χ2n) is 6.56. The van der Waals surface area contributed by atoms with E-state index in [1.807, 2.05) is 48.5 Å². The highest BCUT2D eigenvalue weighted by atomic mass is 32.2. The lowest BCUT2D eigenvalue weighted by Gasteiger charge is -2.23. The molecule has 2 aromatic rings. The molecule has 0 aliphatic carbocycles. The first-order valence-corrected chi connectivity index (χ1v) is 9.93. The summed E-state index contributed by atoms with van der Waals surface area (Å²) in [5, 5.41) is 2.20. The number of benzene rings is 2. The maximum Gasteiger partial charge on any atom is 0.307 e. The van der Waals surface area contributed by atoms with Crippen molar-refractivity contribution < 1.29 is 23.9 Å². The van der Waals surface area contributed by atoms with Gasteiger partial charge in [0.15, 0.2) is 6.61 Å². The first-order chi connectivity index (χ1) is 14.0. The van der Waals surface area contributed by atoms with Gasteiger partial charge in [-0.3, -0.25) is 14.4 Å². The number of esters is 1. The molecule has 0 bridgehead atoms. The number of nitrogens with one attached hydrogen (secondary N) is 1. The highest BCUT2D eigenvalue weighted by Gasteiger charge is 2.29. The second-order valence-corrected chi connectivity index (χ2v) is 7.80. The number of hydrogen-bond acceptors (Lipinski definition) is 6. The van der Waals surface area contributed by atoms with E-state index in [1.54, 1.807) is 14.2 Å². The Morgan fingerprint density at radius 2 is 1.97 bits per heavy atom. The number of para-hydroxylation sites is 1. The normalized spacial score (nSPS) is 15.1. The van der Waals surface area contributed by atoms with Crippen molar-refractivity contribution in [2.75, 3.05) is 26.1 Å². The molecule has 0 aromatic heterocycles. The molecular formula is C21H22N2O5S. The number of ether oxygens (including phenoxy) is 2. The van der Waals surface area contributed by atoms with Crippen molar-refractivity contribution in [3.8, 4) is 5.75 Å². The molecule has 1 aliphatic heterocycles. The Morgan fingerprint density at radius 3 is 2.76 bits per heavy atom. The van der Waals surface area contributed by atoms with Crippen molar-refractivity contribution >= 4 is 35.2 Å². The van der Waals surface area contributed by atoms with Crippen LogP contribution in [0.25, 0.3) is 0 Å². The zero-order valence-corrected chi connectivity index (χ0v) is 17.0. The van der Waals surface area contributed by atoms with Crippen LogP contribution in [0.15, 0.2) is 53.4 Å². The molecule has 8 heteroatoms. The minimum atomic E-state index is -0.583. The van der Waals surface area contributed by atoms with E-state index in [2.05, 4.69) is 5.32 Å². The fraction of sp³-hybridized carbons (Fsp3) is 0.286. The fourth-order valence-corrected chi connectivity index (χ4v) is 3.92. The predicted molar refractivity (Wildman–Crippen MR) is 110 cm³/mol. The summed E-state index contributed by atoms with van der Waals surface area (Å²) in [7, 11) is 3.22. The van der Waals surface area contributed by atoms with Crippen LogP contribution in [0.2, 0.25) is 0 Å². The number of carbonyl (C=O) groups is 3. The van der Waals surface area contributed by atoms with Crippen molar-refractivity contribution in [1.29, 1.82) is 0 Å². The zero-order valence-electron chi connectivity index (χ0n) is 16.2. The van der Waals surface area contributed by atoms with Crippen molar-refractivity contribution in [1.82, 2.24) is 4.90 Å². The van der Waals surface area contributed by atoms with Gasteiger partial charge in [-0.05, 0) is 29.8 Å². The summed E-state index contributed by atoms with van der Waals surface area (Å²) in [6.45, 7) is 0.000144. The number of thioether (sulfide) groups is 1.